The average Bonchev–Trinajstić information content (AvgIpc) is 1.80. The Balaban J connectivity index is 3.17. The zero-order valence-corrected chi connectivity index (χ0v) is 5.40. The molecule has 0 fully saturated rings. The van der Waals surface area contributed by atoms with E-state index in [-0.39, 0.29) is 10.6 Å². The topological polar surface area (TPSA) is 20.2 Å². The Hall–Kier alpha value is -0.700. The molecule has 0 amide bonds. The molecule has 1 N–H and O–H groups in total. The maximum Gasteiger partial charge on any atom is 0.129 e. The van der Waals surface area contributed by atoms with Crippen LogP contribution in [-0.4, -0.2) is 5.11 Å². The fraction of sp³-hybridized carbons (Fsp3) is 0. The summed E-state index contributed by atoms with van der Waals surface area (Å²) < 4.78 is 12.2. The number of hydrogen-bond acceptors (Lipinski definition) is 2. The van der Waals surface area contributed by atoms with Crippen molar-refractivity contribution in [3.63, 3.8) is 0 Å². The Labute approximate surface area is 57.5 Å². The van der Waals surface area contributed by atoms with Gasteiger partial charge in [-0.2, -0.15) is 0 Å². The molecule has 1 aromatic rings. The summed E-state index contributed by atoms with van der Waals surface area (Å²) in [6.07, 6.45) is 0. The number of benzene rings is 1. The van der Waals surface area contributed by atoms with E-state index in [0.29, 0.717) is 0 Å². The lowest BCUT2D eigenvalue weighted by molar-refractivity contribution is 0.459. The minimum absolute atomic E-state index is 0.000247. The van der Waals surface area contributed by atoms with Gasteiger partial charge in [0.05, 0.1) is 0 Å². The van der Waals surface area contributed by atoms with Gasteiger partial charge in [-0.1, -0.05) is 0 Å². The van der Waals surface area contributed by atoms with Gasteiger partial charge in [-0.3, -0.25) is 0 Å². The van der Waals surface area contributed by atoms with Crippen LogP contribution >= 0.6 is 12.6 Å². The Kier molecular flexibility index (Phi) is 1.62. The highest BCUT2D eigenvalue weighted by atomic mass is 32.1. The molecule has 48 valence electrons. The standard InChI is InChI=1S/C6H5FOS/c7-4-1-2-5(8)6(9)3-4/h1-3,8-9H. The molecule has 0 radical (unpaired) electrons. The van der Waals surface area contributed by atoms with Gasteiger partial charge in [-0.05, 0) is 18.2 Å². The zero-order valence-electron chi connectivity index (χ0n) is 4.50. The fourth-order valence-electron chi connectivity index (χ4n) is 0.497. The van der Waals surface area contributed by atoms with Crippen LogP contribution in [0.3, 0.4) is 0 Å². The zero-order chi connectivity index (χ0) is 6.85. The smallest absolute Gasteiger partial charge is 0.129 e. The average molecular weight is 144 g/mol. The van der Waals surface area contributed by atoms with E-state index in [2.05, 4.69) is 12.6 Å². The number of thiol groups is 1. The molecule has 1 nitrogen and oxygen atoms in total. The van der Waals surface area contributed by atoms with E-state index in [0.717, 1.165) is 6.07 Å². The van der Waals surface area contributed by atoms with Crippen LogP contribution in [0, 0.1) is 5.82 Å². The van der Waals surface area contributed by atoms with Crippen LogP contribution < -0.4 is 0 Å². The van der Waals surface area contributed by atoms with Gasteiger partial charge in [0.25, 0.3) is 0 Å². The first kappa shape index (κ1) is 6.42. The molecule has 0 atom stereocenters. The summed E-state index contributed by atoms with van der Waals surface area (Å²) in [6, 6.07) is 3.59. The molecule has 0 bridgehead atoms. The van der Waals surface area contributed by atoms with Crippen molar-refractivity contribution in [3.05, 3.63) is 24.0 Å². The van der Waals surface area contributed by atoms with Gasteiger partial charge in [0.15, 0.2) is 0 Å². The molecule has 0 aliphatic heterocycles. The highest BCUT2D eigenvalue weighted by molar-refractivity contribution is 7.80. The first-order chi connectivity index (χ1) is 4.20. The molecule has 1 rings (SSSR count). The van der Waals surface area contributed by atoms with Crippen molar-refractivity contribution in [3.8, 4) is 5.75 Å². The van der Waals surface area contributed by atoms with Crippen molar-refractivity contribution >= 4 is 12.6 Å². The first-order valence-electron chi connectivity index (χ1n) is 2.37. The van der Waals surface area contributed by atoms with Crippen LogP contribution in [0.4, 0.5) is 4.39 Å². The van der Waals surface area contributed by atoms with Crippen molar-refractivity contribution in [1.82, 2.24) is 0 Å². The van der Waals surface area contributed by atoms with Crippen molar-refractivity contribution in [2.24, 2.45) is 0 Å². The van der Waals surface area contributed by atoms with E-state index in [9.17, 15) is 4.39 Å². The van der Waals surface area contributed by atoms with Crippen LogP contribution in [0.25, 0.3) is 0 Å². The number of halogens is 1. The van der Waals surface area contributed by atoms with E-state index >= 15 is 0 Å². The van der Waals surface area contributed by atoms with Gasteiger partial charge in [0.1, 0.15) is 11.6 Å². The second-order valence-corrected chi connectivity index (χ2v) is 2.11. The van der Waals surface area contributed by atoms with Crippen LogP contribution in [0.2, 0.25) is 0 Å². The van der Waals surface area contributed by atoms with E-state index in [1.807, 2.05) is 0 Å². The predicted octanol–water partition coefficient (Wildman–Crippen LogP) is 1.82. The van der Waals surface area contributed by atoms with E-state index in [4.69, 9.17) is 5.11 Å². The highest BCUT2D eigenvalue weighted by Gasteiger charge is 1.95. The van der Waals surface area contributed by atoms with Gasteiger partial charge >= 0.3 is 0 Å². The number of hydrogen-bond donors (Lipinski definition) is 2. The maximum atomic E-state index is 12.2. The van der Waals surface area contributed by atoms with Gasteiger partial charge in [-0.15, -0.1) is 12.6 Å². The van der Waals surface area contributed by atoms with Crippen LogP contribution in [0.1, 0.15) is 0 Å². The molecule has 0 aliphatic carbocycles. The third-order valence-electron chi connectivity index (χ3n) is 0.937. The third-order valence-corrected chi connectivity index (χ3v) is 1.30. The molecular formula is C6H5FOS. The first-order valence-corrected chi connectivity index (χ1v) is 2.82. The minimum atomic E-state index is -0.391. The van der Waals surface area contributed by atoms with Crippen molar-refractivity contribution in [1.29, 1.82) is 0 Å². The molecule has 0 unspecified atom stereocenters. The Morgan fingerprint density at radius 1 is 1.44 bits per heavy atom. The summed E-state index contributed by atoms with van der Waals surface area (Å²) in [6.45, 7) is 0. The maximum absolute atomic E-state index is 12.2. The number of phenolic OH excluding ortho intramolecular Hbond substituents is 1. The number of rotatable bonds is 0. The fourth-order valence-corrected chi connectivity index (χ4v) is 0.694. The van der Waals surface area contributed by atoms with Crippen LogP contribution in [0.5, 0.6) is 5.75 Å². The number of aromatic hydroxyl groups is 1. The van der Waals surface area contributed by atoms with Crippen molar-refractivity contribution < 1.29 is 9.50 Å². The lowest BCUT2D eigenvalue weighted by Crippen LogP contribution is -1.72. The number of phenols is 1. The monoisotopic (exact) mass is 144 g/mol. The molecule has 1 aromatic carbocycles. The van der Waals surface area contributed by atoms with Gasteiger partial charge in [0, 0.05) is 4.90 Å². The SMILES string of the molecule is Oc1ccc(F)cc1S. The summed E-state index contributed by atoms with van der Waals surface area (Å²) in [7, 11) is 0. The van der Waals surface area contributed by atoms with E-state index in [1.165, 1.54) is 12.1 Å². The third kappa shape index (κ3) is 1.36. The van der Waals surface area contributed by atoms with Gasteiger partial charge in [-0.25, -0.2) is 4.39 Å². The van der Waals surface area contributed by atoms with Crippen LogP contribution in [0.15, 0.2) is 23.1 Å². The lowest BCUT2D eigenvalue weighted by Gasteiger charge is -1.94. The second kappa shape index (κ2) is 2.27. The molecule has 0 spiro atoms. The summed E-state index contributed by atoms with van der Waals surface area (Å²) >= 11 is 3.78. The molecule has 3 heteroatoms. The second-order valence-electron chi connectivity index (χ2n) is 1.63. The summed E-state index contributed by atoms with van der Waals surface area (Å²) in [4.78, 5) is 0.259. The largest absolute Gasteiger partial charge is 0.507 e. The quantitative estimate of drug-likeness (QED) is 0.532. The summed E-state index contributed by atoms with van der Waals surface area (Å²) in [5.74, 6) is -0.391. The van der Waals surface area contributed by atoms with Gasteiger partial charge < -0.3 is 5.11 Å². The van der Waals surface area contributed by atoms with Crippen molar-refractivity contribution in [2.75, 3.05) is 0 Å². The lowest BCUT2D eigenvalue weighted by atomic mass is 10.3. The Morgan fingerprint density at radius 3 is 2.56 bits per heavy atom. The van der Waals surface area contributed by atoms with Crippen molar-refractivity contribution in [2.45, 2.75) is 4.90 Å². The Bertz CT molecular complexity index is 224. The predicted molar refractivity (Wildman–Crippen MR) is 35.3 cm³/mol. The highest BCUT2D eigenvalue weighted by Crippen LogP contribution is 2.20. The van der Waals surface area contributed by atoms with Gasteiger partial charge in [0.2, 0.25) is 0 Å². The van der Waals surface area contributed by atoms with Crippen LogP contribution in [-0.2, 0) is 0 Å². The molecule has 0 saturated heterocycles. The molecule has 0 saturated carbocycles. The van der Waals surface area contributed by atoms with E-state index in [1.54, 1.807) is 0 Å². The summed E-state index contributed by atoms with van der Waals surface area (Å²) in [5.41, 5.74) is 0. The molecule has 0 aliphatic rings. The van der Waals surface area contributed by atoms with E-state index < -0.39 is 5.82 Å². The molecule has 0 aromatic heterocycles. The Morgan fingerprint density at radius 2 is 2.11 bits per heavy atom. The normalized spacial score (nSPS) is 9.56. The minimum Gasteiger partial charge on any atom is -0.507 e. The molecular weight excluding hydrogens is 139 g/mol. The molecule has 9 heavy (non-hydrogen) atoms. The molecule has 0 heterocycles. The summed E-state index contributed by atoms with van der Waals surface area (Å²) in [5, 5.41) is 8.80.